The summed E-state index contributed by atoms with van der Waals surface area (Å²) in [6.45, 7) is 2.74. The lowest BCUT2D eigenvalue weighted by molar-refractivity contribution is -0.122. The van der Waals surface area contributed by atoms with Crippen LogP contribution < -0.4 is 10.0 Å². The van der Waals surface area contributed by atoms with Gasteiger partial charge in [0, 0.05) is 10.1 Å². The van der Waals surface area contributed by atoms with Gasteiger partial charge in [0.05, 0.1) is 4.90 Å². The first-order chi connectivity index (χ1) is 14.4. The molecule has 0 aliphatic heterocycles. The Labute approximate surface area is 194 Å². The van der Waals surface area contributed by atoms with E-state index in [0.717, 1.165) is 28.4 Å². The van der Waals surface area contributed by atoms with Crippen LogP contribution in [-0.4, -0.2) is 26.9 Å². The lowest BCUT2D eigenvalue weighted by Gasteiger charge is -2.19. The van der Waals surface area contributed by atoms with Crippen LogP contribution in [0.1, 0.15) is 51.0 Å². The first-order valence-electron chi connectivity index (χ1n) is 10.5. The standard InChI is InChI=1S/C23H31IN2O3S/c1-2-3-4-5-6-10-17-25-23(27)22(18-19-11-8-7-9-12-19)26-30(28,29)21-15-13-20(24)14-16-21/h7-9,11-16,22,26H,2-6,10,17-18H2,1H3,(H,25,27)/t22-/m1/s1. The molecule has 2 aromatic carbocycles. The molecule has 2 aromatic rings. The minimum absolute atomic E-state index is 0.157. The zero-order valence-electron chi connectivity index (χ0n) is 17.4. The highest BCUT2D eigenvalue weighted by atomic mass is 127. The van der Waals surface area contributed by atoms with Crippen molar-refractivity contribution in [3.05, 3.63) is 63.7 Å². The number of nitrogens with one attached hydrogen (secondary N) is 2. The fourth-order valence-electron chi connectivity index (χ4n) is 3.15. The predicted octanol–water partition coefficient (Wildman–Crippen LogP) is 4.66. The van der Waals surface area contributed by atoms with E-state index in [1.54, 1.807) is 24.3 Å². The quantitative estimate of drug-likeness (QED) is 0.286. The van der Waals surface area contributed by atoms with E-state index in [0.29, 0.717) is 13.0 Å². The molecule has 7 heteroatoms. The largest absolute Gasteiger partial charge is 0.355 e. The van der Waals surface area contributed by atoms with E-state index < -0.39 is 16.1 Å². The molecule has 0 aromatic heterocycles. The number of carbonyl (C=O) groups is 1. The van der Waals surface area contributed by atoms with Crippen molar-refractivity contribution in [2.45, 2.75) is 62.8 Å². The number of hydrogen-bond acceptors (Lipinski definition) is 3. The summed E-state index contributed by atoms with van der Waals surface area (Å²) in [7, 11) is -3.80. The zero-order chi connectivity index (χ0) is 21.8. The summed E-state index contributed by atoms with van der Waals surface area (Å²) in [4.78, 5) is 13.0. The van der Waals surface area contributed by atoms with Crippen molar-refractivity contribution in [2.24, 2.45) is 0 Å². The molecular weight excluding hydrogens is 511 g/mol. The number of sulfonamides is 1. The molecule has 1 amide bonds. The molecule has 0 heterocycles. The molecule has 0 radical (unpaired) electrons. The molecule has 164 valence electrons. The van der Waals surface area contributed by atoms with Crippen LogP contribution in [0.4, 0.5) is 0 Å². The van der Waals surface area contributed by atoms with E-state index in [9.17, 15) is 13.2 Å². The van der Waals surface area contributed by atoms with Crippen LogP contribution >= 0.6 is 22.6 Å². The fraction of sp³-hybridized carbons (Fsp3) is 0.435. The highest BCUT2D eigenvalue weighted by Gasteiger charge is 2.25. The second-order valence-corrected chi connectivity index (χ2v) is 10.3. The molecule has 0 saturated heterocycles. The highest BCUT2D eigenvalue weighted by Crippen LogP contribution is 2.14. The fourth-order valence-corrected chi connectivity index (χ4v) is 4.70. The van der Waals surface area contributed by atoms with Crippen LogP contribution in [-0.2, 0) is 21.2 Å². The highest BCUT2D eigenvalue weighted by molar-refractivity contribution is 14.1. The molecule has 0 aliphatic rings. The molecule has 1 atom stereocenters. The summed E-state index contributed by atoms with van der Waals surface area (Å²) < 4.78 is 29.2. The average molecular weight is 542 g/mol. The Morgan fingerprint density at radius 3 is 2.23 bits per heavy atom. The van der Waals surface area contributed by atoms with Crippen molar-refractivity contribution in [3.8, 4) is 0 Å². The van der Waals surface area contributed by atoms with E-state index in [4.69, 9.17) is 0 Å². The van der Waals surface area contributed by atoms with E-state index in [1.807, 2.05) is 30.3 Å². The lowest BCUT2D eigenvalue weighted by atomic mass is 10.1. The topological polar surface area (TPSA) is 75.3 Å². The molecule has 0 bridgehead atoms. The Bertz CT molecular complexity index is 871. The van der Waals surface area contributed by atoms with E-state index in [1.165, 1.54) is 19.3 Å². The normalized spacial score (nSPS) is 12.5. The maximum absolute atomic E-state index is 12.8. The van der Waals surface area contributed by atoms with E-state index in [2.05, 4.69) is 39.6 Å². The number of benzene rings is 2. The van der Waals surface area contributed by atoms with Crippen LogP contribution in [0.5, 0.6) is 0 Å². The van der Waals surface area contributed by atoms with Crippen LogP contribution in [0.2, 0.25) is 0 Å². The zero-order valence-corrected chi connectivity index (χ0v) is 20.4. The van der Waals surface area contributed by atoms with Crippen molar-refractivity contribution < 1.29 is 13.2 Å². The molecule has 2 rings (SSSR count). The number of amides is 1. The maximum atomic E-state index is 12.8. The summed E-state index contributed by atoms with van der Waals surface area (Å²) in [5.74, 6) is -0.290. The van der Waals surface area contributed by atoms with Gasteiger partial charge in [0.15, 0.2) is 0 Å². The van der Waals surface area contributed by atoms with E-state index >= 15 is 0 Å². The van der Waals surface area contributed by atoms with Gasteiger partial charge in [-0.25, -0.2) is 8.42 Å². The molecule has 30 heavy (non-hydrogen) atoms. The van der Waals surface area contributed by atoms with Crippen molar-refractivity contribution >= 4 is 38.5 Å². The molecule has 0 saturated carbocycles. The lowest BCUT2D eigenvalue weighted by Crippen LogP contribution is -2.48. The Hall–Kier alpha value is -1.45. The molecule has 0 unspecified atom stereocenters. The number of halogens is 1. The molecule has 0 fully saturated rings. The monoisotopic (exact) mass is 542 g/mol. The van der Waals surface area contributed by atoms with Crippen molar-refractivity contribution in [1.29, 1.82) is 0 Å². The van der Waals surface area contributed by atoms with Gasteiger partial charge in [-0.3, -0.25) is 4.79 Å². The molecule has 5 nitrogen and oxygen atoms in total. The Morgan fingerprint density at radius 2 is 1.57 bits per heavy atom. The van der Waals surface area contributed by atoms with Crippen molar-refractivity contribution in [2.75, 3.05) is 6.54 Å². The predicted molar refractivity (Wildman–Crippen MR) is 130 cm³/mol. The van der Waals surface area contributed by atoms with Gasteiger partial charge in [0.1, 0.15) is 6.04 Å². The van der Waals surface area contributed by atoms with Gasteiger partial charge in [-0.15, -0.1) is 0 Å². The summed E-state index contributed by atoms with van der Waals surface area (Å²) in [5.41, 5.74) is 0.905. The Morgan fingerprint density at radius 1 is 0.933 bits per heavy atom. The second kappa shape index (κ2) is 13.1. The van der Waals surface area contributed by atoms with Gasteiger partial charge in [-0.2, -0.15) is 4.72 Å². The van der Waals surface area contributed by atoms with Gasteiger partial charge < -0.3 is 5.32 Å². The van der Waals surface area contributed by atoms with Crippen LogP contribution in [0, 0.1) is 3.57 Å². The summed E-state index contributed by atoms with van der Waals surface area (Å²) >= 11 is 2.13. The summed E-state index contributed by atoms with van der Waals surface area (Å²) in [6.07, 6.45) is 7.10. The molecule has 0 spiro atoms. The summed E-state index contributed by atoms with van der Waals surface area (Å²) in [5, 5.41) is 2.91. The van der Waals surface area contributed by atoms with E-state index in [-0.39, 0.29) is 10.8 Å². The number of unbranched alkanes of at least 4 members (excludes halogenated alkanes) is 5. The first-order valence-corrected chi connectivity index (χ1v) is 13.1. The van der Waals surface area contributed by atoms with Gasteiger partial charge in [-0.05, 0) is 65.3 Å². The van der Waals surface area contributed by atoms with Gasteiger partial charge in [-0.1, -0.05) is 69.4 Å². The SMILES string of the molecule is CCCCCCCCNC(=O)[C@@H](Cc1ccccc1)NS(=O)(=O)c1ccc(I)cc1. The second-order valence-electron chi connectivity index (χ2n) is 7.38. The average Bonchev–Trinajstić information content (AvgIpc) is 2.73. The molecular formula is C23H31IN2O3S. The number of hydrogen-bond donors (Lipinski definition) is 2. The van der Waals surface area contributed by atoms with Gasteiger partial charge >= 0.3 is 0 Å². The Kier molecular flexibility index (Phi) is 10.8. The number of rotatable bonds is 13. The maximum Gasteiger partial charge on any atom is 0.241 e. The first kappa shape index (κ1) is 24.8. The van der Waals surface area contributed by atoms with Crippen LogP contribution in [0.3, 0.4) is 0 Å². The van der Waals surface area contributed by atoms with Crippen LogP contribution in [0.25, 0.3) is 0 Å². The molecule has 0 aliphatic carbocycles. The summed E-state index contributed by atoms with van der Waals surface area (Å²) in [6, 6.07) is 15.2. The Balaban J connectivity index is 2.01. The third-order valence-corrected chi connectivity index (χ3v) is 7.06. The third-order valence-electron chi connectivity index (χ3n) is 4.85. The van der Waals surface area contributed by atoms with Gasteiger partial charge in [0.25, 0.3) is 0 Å². The molecule has 2 N–H and O–H groups in total. The minimum Gasteiger partial charge on any atom is -0.355 e. The third kappa shape index (κ3) is 8.73. The van der Waals surface area contributed by atoms with Crippen molar-refractivity contribution in [3.63, 3.8) is 0 Å². The van der Waals surface area contributed by atoms with Crippen LogP contribution in [0.15, 0.2) is 59.5 Å². The minimum atomic E-state index is -3.80. The smallest absolute Gasteiger partial charge is 0.241 e. The van der Waals surface area contributed by atoms with Gasteiger partial charge in [0.2, 0.25) is 15.9 Å². The number of carbonyl (C=O) groups excluding carboxylic acids is 1. The van der Waals surface area contributed by atoms with Crippen molar-refractivity contribution in [1.82, 2.24) is 10.0 Å².